The van der Waals surface area contributed by atoms with E-state index in [9.17, 15) is 28.8 Å². The predicted molar refractivity (Wildman–Crippen MR) is 145 cm³/mol. The number of ketones is 1. The van der Waals surface area contributed by atoms with E-state index in [2.05, 4.69) is 27.8 Å². The number of amides is 5. The Morgan fingerprint density at radius 2 is 1.62 bits per heavy atom. The van der Waals surface area contributed by atoms with Crippen molar-refractivity contribution in [3.05, 3.63) is 12.7 Å². The predicted octanol–water partition coefficient (Wildman–Crippen LogP) is 1.19. The second-order valence-corrected chi connectivity index (χ2v) is 11.7. The second kappa shape index (κ2) is 14.6. The fraction of sp³-hybridized carbons (Fsp3) is 0.704. The third-order valence-corrected chi connectivity index (χ3v) is 5.91. The SMILES string of the molecule is C=CCCC(NC(=O)[C@@H]1CCCN1C(=O)[C@@H](NC(=O)OC(C)(C)C)C(C)(C)C)C(=O)C(=O)NCCNC(C)=O. The van der Waals surface area contributed by atoms with Crippen molar-refractivity contribution in [2.24, 2.45) is 5.41 Å². The highest BCUT2D eigenvalue weighted by Gasteiger charge is 2.43. The Balaban J connectivity index is 3.00. The van der Waals surface area contributed by atoms with Gasteiger partial charge in [0.05, 0.1) is 6.04 Å². The molecule has 1 aliphatic heterocycles. The van der Waals surface area contributed by atoms with Crippen molar-refractivity contribution in [3.8, 4) is 0 Å². The monoisotopic (exact) mass is 551 g/mol. The number of nitrogens with one attached hydrogen (secondary N) is 4. The number of hydrogen-bond donors (Lipinski definition) is 4. The van der Waals surface area contributed by atoms with Crippen molar-refractivity contribution in [1.82, 2.24) is 26.2 Å². The van der Waals surface area contributed by atoms with E-state index < -0.39 is 58.7 Å². The molecule has 3 atom stereocenters. The zero-order chi connectivity index (χ0) is 30.0. The molecule has 0 spiro atoms. The van der Waals surface area contributed by atoms with Crippen LogP contribution in [0.3, 0.4) is 0 Å². The minimum atomic E-state index is -1.12. The van der Waals surface area contributed by atoms with Gasteiger partial charge in [-0.2, -0.15) is 0 Å². The summed E-state index contributed by atoms with van der Waals surface area (Å²) in [5, 5.41) is 10.2. The highest BCUT2D eigenvalue weighted by Crippen LogP contribution is 2.26. The first-order valence-corrected chi connectivity index (χ1v) is 13.3. The number of rotatable bonds is 12. The van der Waals surface area contributed by atoms with Gasteiger partial charge < -0.3 is 30.9 Å². The van der Waals surface area contributed by atoms with E-state index in [0.717, 1.165) is 0 Å². The topological polar surface area (TPSA) is 163 Å². The van der Waals surface area contributed by atoms with Gasteiger partial charge in [-0.15, -0.1) is 6.58 Å². The van der Waals surface area contributed by atoms with E-state index in [1.807, 2.05) is 0 Å². The molecule has 1 rings (SSSR count). The zero-order valence-electron chi connectivity index (χ0n) is 24.3. The number of Topliss-reactive ketones (excluding diaryl/α,β-unsaturated/α-hetero) is 1. The number of ether oxygens (including phenoxy) is 1. The first-order chi connectivity index (χ1) is 18.0. The molecule has 0 aromatic heterocycles. The lowest BCUT2D eigenvalue weighted by molar-refractivity contribution is -0.144. The molecular formula is C27H45N5O7. The Morgan fingerprint density at radius 3 is 2.15 bits per heavy atom. The Bertz CT molecular complexity index is 936. The van der Waals surface area contributed by atoms with E-state index in [1.165, 1.54) is 11.8 Å². The standard InChI is InChI=1S/C27H45N5O7/c1-9-10-12-18(20(34)23(36)29-15-14-28-17(2)33)30-22(35)19-13-11-16-32(19)24(37)21(26(3,4)5)31-25(38)39-27(6,7)8/h9,18-19,21H,1,10-16H2,2-8H3,(H,28,33)(H,29,36)(H,30,35)(H,31,38)/t18?,19-,21+/m0/s1. The number of nitrogens with zero attached hydrogens (tertiary/aromatic N) is 1. The van der Waals surface area contributed by atoms with Gasteiger partial charge in [-0.25, -0.2) is 4.79 Å². The maximum Gasteiger partial charge on any atom is 0.408 e. The summed E-state index contributed by atoms with van der Waals surface area (Å²) in [5.41, 5.74) is -1.44. The summed E-state index contributed by atoms with van der Waals surface area (Å²) in [7, 11) is 0. The summed E-state index contributed by atoms with van der Waals surface area (Å²) in [4.78, 5) is 77.0. The molecule has 5 amide bonds. The lowest BCUT2D eigenvalue weighted by atomic mass is 9.85. The molecule has 12 nitrogen and oxygen atoms in total. The average Bonchev–Trinajstić information content (AvgIpc) is 3.30. The van der Waals surface area contributed by atoms with Crippen molar-refractivity contribution in [2.45, 2.75) is 97.9 Å². The molecule has 4 N–H and O–H groups in total. The van der Waals surface area contributed by atoms with E-state index in [4.69, 9.17) is 4.74 Å². The van der Waals surface area contributed by atoms with E-state index in [-0.39, 0.29) is 25.4 Å². The Labute approximate surface area is 231 Å². The van der Waals surface area contributed by atoms with Crippen LogP contribution in [0.1, 0.15) is 74.1 Å². The van der Waals surface area contributed by atoms with Crippen LogP contribution in [-0.4, -0.2) is 83.8 Å². The number of likely N-dealkylation sites (tertiary alicyclic amines) is 1. The molecule has 12 heteroatoms. The number of carbonyl (C=O) groups excluding carboxylic acids is 6. The molecule has 0 aliphatic carbocycles. The summed E-state index contributed by atoms with van der Waals surface area (Å²) >= 11 is 0. The van der Waals surface area contributed by atoms with Gasteiger partial charge in [-0.3, -0.25) is 24.0 Å². The molecule has 1 aliphatic rings. The smallest absolute Gasteiger partial charge is 0.408 e. The van der Waals surface area contributed by atoms with E-state index in [0.29, 0.717) is 25.8 Å². The van der Waals surface area contributed by atoms with Crippen LogP contribution in [0.4, 0.5) is 4.79 Å². The lowest BCUT2D eigenvalue weighted by Crippen LogP contribution is -2.59. The second-order valence-electron chi connectivity index (χ2n) is 11.7. The number of carbonyl (C=O) groups is 6. The molecule has 0 aromatic rings. The number of allylic oxidation sites excluding steroid dienone is 1. The summed E-state index contributed by atoms with van der Waals surface area (Å²) in [6, 6.07) is -2.95. The summed E-state index contributed by atoms with van der Waals surface area (Å²) < 4.78 is 5.33. The van der Waals surface area contributed by atoms with Crippen molar-refractivity contribution in [1.29, 1.82) is 0 Å². The molecule has 0 saturated carbocycles. The van der Waals surface area contributed by atoms with Crippen LogP contribution < -0.4 is 21.3 Å². The summed E-state index contributed by atoms with van der Waals surface area (Å²) in [6.45, 7) is 16.0. The van der Waals surface area contributed by atoms with Gasteiger partial charge in [0.1, 0.15) is 17.7 Å². The van der Waals surface area contributed by atoms with Crippen LogP contribution in [0.25, 0.3) is 0 Å². The fourth-order valence-corrected chi connectivity index (χ4v) is 4.02. The molecule has 0 radical (unpaired) electrons. The average molecular weight is 552 g/mol. The lowest BCUT2D eigenvalue weighted by Gasteiger charge is -2.36. The molecule has 39 heavy (non-hydrogen) atoms. The van der Waals surface area contributed by atoms with Crippen LogP contribution in [-0.2, 0) is 28.7 Å². The molecule has 1 heterocycles. The van der Waals surface area contributed by atoms with Crippen LogP contribution >= 0.6 is 0 Å². The first-order valence-electron chi connectivity index (χ1n) is 13.3. The maximum atomic E-state index is 13.6. The minimum absolute atomic E-state index is 0.0516. The quantitative estimate of drug-likeness (QED) is 0.161. The molecular weight excluding hydrogens is 506 g/mol. The number of alkyl carbamates (subject to hydrolysis) is 1. The molecule has 1 unspecified atom stereocenters. The van der Waals surface area contributed by atoms with Crippen molar-refractivity contribution < 1.29 is 33.5 Å². The Kier molecular flexibility index (Phi) is 12.6. The third-order valence-electron chi connectivity index (χ3n) is 5.91. The molecule has 220 valence electrons. The summed E-state index contributed by atoms with van der Waals surface area (Å²) in [6.07, 6.45) is 2.28. The normalized spacial score (nSPS) is 16.9. The van der Waals surface area contributed by atoms with Gasteiger partial charge in [-0.1, -0.05) is 26.8 Å². The van der Waals surface area contributed by atoms with E-state index >= 15 is 0 Å². The van der Waals surface area contributed by atoms with Crippen LogP contribution in [0.15, 0.2) is 12.7 Å². The Morgan fingerprint density at radius 1 is 1.00 bits per heavy atom. The van der Waals surface area contributed by atoms with Crippen LogP contribution in [0, 0.1) is 5.41 Å². The van der Waals surface area contributed by atoms with E-state index in [1.54, 1.807) is 47.6 Å². The number of hydrogen-bond acceptors (Lipinski definition) is 7. The molecule has 1 fully saturated rings. The van der Waals surface area contributed by atoms with Gasteiger partial charge in [0, 0.05) is 26.6 Å². The van der Waals surface area contributed by atoms with Crippen molar-refractivity contribution in [2.75, 3.05) is 19.6 Å². The largest absolute Gasteiger partial charge is 0.444 e. The zero-order valence-corrected chi connectivity index (χ0v) is 24.3. The van der Waals surface area contributed by atoms with Crippen LogP contribution in [0.2, 0.25) is 0 Å². The third kappa shape index (κ3) is 11.5. The van der Waals surface area contributed by atoms with Gasteiger partial charge in [0.2, 0.25) is 23.5 Å². The van der Waals surface area contributed by atoms with Gasteiger partial charge in [0.15, 0.2) is 0 Å². The molecule has 0 bridgehead atoms. The van der Waals surface area contributed by atoms with Gasteiger partial charge >= 0.3 is 6.09 Å². The highest BCUT2D eigenvalue weighted by molar-refractivity contribution is 6.38. The summed E-state index contributed by atoms with van der Waals surface area (Å²) in [5.74, 6) is -2.97. The molecule has 0 aromatic carbocycles. The highest BCUT2D eigenvalue weighted by atomic mass is 16.6. The van der Waals surface area contributed by atoms with Gasteiger partial charge in [0.25, 0.3) is 5.91 Å². The van der Waals surface area contributed by atoms with Crippen molar-refractivity contribution in [3.63, 3.8) is 0 Å². The minimum Gasteiger partial charge on any atom is -0.444 e. The Hall–Kier alpha value is -3.44. The van der Waals surface area contributed by atoms with Crippen molar-refractivity contribution >= 4 is 35.5 Å². The van der Waals surface area contributed by atoms with Crippen LogP contribution in [0.5, 0.6) is 0 Å². The molecule has 1 saturated heterocycles. The first kappa shape index (κ1) is 33.6. The maximum absolute atomic E-state index is 13.6. The fourth-order valence-electron chi connectivity index (χ4n) is 4.02. The van der Waals surface area contributed by atoms with Gasteiger partial charge in [-0.05, 0) is 51.9 Å².